The summed E-state index contributed by atoms with van der Waals surface area (Å²) in [7, 11) is 0. The van der Waals surface area contributed by atoms with Crippen LogP contribution in [0.2, 0.25) is 0 Å². The summed E-state index contributed by atoms with van der Waals surface area (Å²) in [6, 6.07) is 9.19. The third-order valence-electron chi connectivity index (χ3n) is 2.86. The van der Waals surface area contributed by atoms with Crippen LogP contribution in [-0.2, 0) is 6.54 Å². The second-order valence-electron chi connectivity index (χ2n) is 4.65. The summed E-state index contributed by atoms with van der Waals surface area (Å²) in [5.74, 6) is 1.47. The molecular weight excluding hydrogens is 270 g/mol. The zero-order valence-electron chi connectivity index (χ0n) is 12.0. The van der Waals surface area contributed by atoms with Gasteiger partial charge < -0.3 is 19.6 Å². The van der Waals surface area contributed by atoms with Gasteiger partial charge in [0.05, 0.1) is 19.8 Å². The number of hydrogen-bond donors (Lipinski definition) is 1. The van der Waals surface area contributed by atoms with Crippen LogP contribution in [0.25, 0.3) is 0 Å². The molecule has 0 radical (unpaired) electrons. The lowest BCUT2D eigenvalue weighted by atomic mass is 10.2. The minimum Gasteiger partial charge on any atom is -0.493 e. The van der Waals surface area contributed by atoms with Crippen LogP contribution in [0, 0.1) is 6.92 Å². The van der Waals surface area contributed by atoms with Crippen molar-refractivity contribution in [2.75, 3.05) is 13.2 Å². The molecule has 0 spiro atoms. The second kappa shape index (κ2) is 7.50. The van der Waals surface area contributed by atoms with E-state index in [2.05, 4.69) is 0 Å². The molecule has 0 saturated heterocycles. The van der Waals surface area contributed by atoms with Crippen LogP contribution < -0.4 is 20.6 Å². The van der Waals surface area contributed by atoms with Crippen molar-refractivity contribution in [1.82, 2.24) is 0 Å². The Morgan fingerprint density at radius 3 is 2.71 bits per heavy atom. The Bertz CT molecular complexity index is 636. The number of ether oxygens (including phenoxy) is 2. The van der Waals surface area contributed by atoms with Crippen LogP contribution in [-0.4, -0.2) is 13.2 Å². The summed E-state index contributed by atoms with van der Waals surface area (Å²) in [6.45, 7) is 3.12. The first kappa shape index (κ1) is 15.1. The molecule has 0 aliphatic rings. The minimum atomic E-state index is -0.221. The van der Waals surface area contributed by atoms with Gasteiger partial charge in [-0.2, -0.15) is 0 Å². The Kier molecular flexibility index (Phi) is 5.40. The monoisotopic (exact) mass is 289 g/mol. The van der Waals surface area contributed by atoms with E-state index in [1.54, 1.807) is 0 Å². The largest absolute Gasteiger partial charge is 0.493 e. The van der Waals surface area contributed by atoms with Crippen LogP contribution in [0.1, 0.15) is 17.7 Å². The van der Waals surface area contributed by atoms with E-state index >= 15 is 0 Å². The maximum absolute atomic E-state index is 11.6. The van der Waals surface area contributed by atoms with Gasteiger partial charge in [0.15, 0.2) is 0 Å². The molecule has 2 aromatic rings. The van der Waals surface area contributed by atoms with Gasteiger partial charge in [-0.3, -0.25) is 4.79 Å². The Morgan fingerprint density at radius 2 is 2.00 bits per heavy atom. The second-order valence-corrected chi connectivity index (χ2v) is 4.65. The fraction of sp³-hybridized carbons (Fsp3) is 0.312. The number of benzene rings is 1. The first-order valence-electron chi connectivity index (χ1n) is 6.83. The first-order valence-corrected chi connectivity index (χ1v) is 6.83. The van der Waals surface area contributed by atoms with Crippen LogP contribution in [0.15, 0.2) is 45.8 Å². The summed E-state index contributed by atoms with van der Waals surface area (Å²) in [6.07, 6.45) is 1.97. The van der Waals surface area contributed by atoms with Crippen molar-refractivity contribution in [3.63, 3.8) is 0 Å². The zero-order chi connectivity index (χ0) is 15.1. The molecule has 0 fully saturated rings. The lowest BCUT2D eigenvalue weighted by Crippen LogP contribution is -2.12. The fourth-order valence-electron chi connectivity index (χ4n) is 1.79. The molecule has 0 unspecified atom stereocenters. The normalized spacial score (nSPS) is 10.4. The van der Waals surface area contributed by atoms with E-state index in [9.17, 15) is 4.79 Å². The van der Waals surface area contributed by atoms with Gasteiger partial charge in [-0.1, -0.05) is 12.1 Å². The first-order chi connectivity index (χ1) is 10.2. The molecule has 5 heteroatoms. The third kappa shape index (κ3) is 4.65. The van der Waals surface area contributed by atoms with Gasteiger partial charge >= 0.3 is 0 Å². The molecule has 21 heavy (non-hydrogen) atoms. The van der Waals surface area contributed by atoms with Crippen molar-refractivity contribution in [2.45, 2.75) is 19.9 Å². The summed E-state index contributed by atoms with van der Waals surface area (Å²) in [4.78, 5) is 11.6. The molecule has 0 aliphatic heterocycles. The summed E-state index contributed by atoms with van der Waals surface area (Å²) in [5.41, 5.74) is 6.32. The number of nitrogens with two attached hydrogens (primary N) is 1. The lowest BCUT2D eigenvalue weighted by molar-refractivity contribution is 0.241. The molecule has 1 heterocycles. The fourth-order valence-corrected chi connectivity index (χ4v) is 1.79. The van der Waals surface area contributed by atoms with E-state index < -0.39 is 0 Å². The molecule has 0 atom stereocenters. The van der Waals surface area contributed by atoms with Crippen molar-refractivity contribution < 1.29 is 13.9 Å². The minimum absolute atomic E-state index is 0.194. The Morgan fingerprint density at radius 1 is 1.19 bits per heavy atom. The Labute approximate surface area is 123 Å². The SMILES string of the molecule is Cc1cccc(OCCCOc2coc(CN)cc2=O)c1. The van der Waals surface area contributed by atoms with E-state index in [1.807, 2.05) is 31.2 Å². The molecule has 5 nitrogen and oxygen atoms in total. The number of aryl methyl sites for hydroxylation is 1. The van der Waals surface area contributed by atoms with E-state index in [-0.39, 0.29) is 17.7 Å². The van der Waals surface area contributed by atoms with Crippen LogP contribution >= 0.6 is 0 Å². The summed E-state index contributed by atoms with van der Waals surface area (Å²) in [5, 5.41) is 0. The summed E-state index contributed by atoms with van der Waals surface area (Å²) < 4.78 is 16.1. The quantitative estimate of drug-likeness (QED) is 0.791. The molecular formula is C16H19NO4. The molecule has 1 aromatic heterocycles. The molecule has 2 rings (SSSR count). The zero-order valence-corrected chi connectivity index (χ0v) is 12.0. The topological polar surface area (TPSA) is 74.7 Å². The highest BCUT2D eigenvalue weighted by molar-refractivity contribution is 5.27. The third-order valence-corrected chi connectivity index (χ3v) is 2.86. The van der Waals surface area contributed by atoms with Gasteiger partial charge in [0.25, 0.3) is 0 Å². The van der Waals surface area contributed by atoms with Crippen LogP contribution in [0.4, 0.5) is 0 Å². The van der Waals surface area contributed by atoms with Crippen molar-refractivity contribution in [1.29, 1.82) is 0 Å². The molecule has 0 bridgehead atoms. The van der Waals surface area contributed by atoms with E-state index in [1.165, 1.54) is 12.3 Å². The highest BCUT2D eigenvalue weighted by Crippen LogP contribution is 2.12. The molecule has 0 aliphatic carbocycles. The highest BCUT2D eigenvalue weighted by Gasteiger charge is 2.03. The highest BCUT2D eigenvalue weighted by atomic mass is 16.5. The van der Waals surface area contributed by atoms with E-state index in [0.29, 0.717) is 25.4 Å². The molecule has 0 amide bonds. The number of hydrogen-bond acceptors (Lipinski definition) is 5. The van der Waals surface area contributed by atoms with E-state index in [0.717, 1.165) is 11.3 Å². The van der Waals surface area contributed by atoms with Crippen LogP contribution in [0.5, 0.6) is 11.5 Å². The van der Waals surface area contributed by atoms with Gasteiger partial charge in [-0.05, 0) is 24.6 Å². The molecule has 112 valence electrons. The van der Waals surface area contributed by atoms with E-state index in [4.69, 9.17) is 19.6 Å². The van der Waals surface area contributed by atoms with Crippen molar-refractivity contribution in [2.24, 2.45) is 5.73 Å². The maximum atomic E-state index is 11.6. The van der Waals surface area contributed by atoms with Crippen molar-refractivity contribution in [3.8, 4) is 11.5 Å². The average molecular weight is 289 g/mol. The van der Waals surface area contributed by atoms with Crippen molar-refractivity contribution in [3.05, 3.63) is 58.1 Å². The average Bonchev–Trinajstić information content (AvgIpc) is 2.48. The Balaban J connectivity index is 1.74. The van der Waals surface area contributed by atoms with Gasteiger partial charge in [0.1, 0.15) is 17.8 Å². The van der Waals surface area contributed by atoms with Gasteiger partial charge in [-0.25, -0.2) is 0 Å². The molecule has 2 N–H and O–H groups in total. The van der Waals surface area contributed by atoms with Crippen LogP contribution in [0.3, 0.4) is 0 Å². The Hall–Kier alpha value is -2.27. The number of rotatable bonds is 7. The smallest absolute Gasteiger partial charge is 0.227 e. The standard InChI is InChI=1S/C16H19NO4/c1-12-4-2-5-13(8-12)19-6-3-7-20-16-11-21-14(10-17)9-15(16)18/h2,4-5,8-9,11H,3,6-7,10,17H2,1H3. The predicted molar refractivity (Wildman–Crippen MR) is 79.7 cm³/mol. The van der Waals surface area contributed by atoms with Crippen molar-refractivity contribution >= 4 is 0 Å². The molecule has 1 aromatic carbocycles. The predicted octanol–water partition coefficient (Wildman–Crippen LogP) is 2.25. The van der Waals surface area contributed by atoms with Gasteiger partial charge in [-0.15, -0.1) is 0 Å². The summed E-state index contributed by atoms with van der Waals surface area (Å²) >= 11 is 0. The van der Waals surface area contributed by atoms with Gasteiger partial charge in [0.2, 0.25) is 11.2 Å². The van der Waals surface area contributed by atoms with Gasteiger partial charge in [0, 0.05) is 12.5 Å². The lowest BCUT2D eigenvalue weighted by Gasteiger charge is -2.08. The maximum Gasteiger partial charge on any atom is 0.227 e. The molecule has 0 saturated carbocycles.